The summed E-state index contributed by atoms with van der Waals surface area (Å²) in [5, 5.41) is 12.7. The van der Waals surface area contributed by atoms with Gasteiger partial charge in [0.2, 0.25) is 0 Å². The molecule has 4 rings (SSSR count). The summed E-state index contributed by atoms with van der Waals surface area (Å²) < 4.78 is 7.76. The van der Waals surface area contributed by atoms with Gasteiger partial charge < -0.3 is 19.3 Å². The van der Waals surface area contributed by atoms with E-state index in [2.05, 4.69) is 31.1 Å². The van der Waals surface area contributed by atoms with E-state index in [1.165, 1.54) is 5.56 Å². The van der Waals surface area contributed by atoms with Crippen molar-refractivity contribution < 1.29 is 9.84 Å². The van der Waals surface area contributed by atoms with Crippen LogP contribution in [0.4, 0.5) is 0 Å². The normalized spacial score (nSPS) is 11.3. The van der Waals surface area contributed by atoms with Crippen LogP contribution in [0.2, 0.25) is 0 Å². The standard InChI is InChI=1S/C26H28N2O2/c1-27(2)16-6-7-20-12-15-25-22(17-20)19-28(26(25)29)18-21-10-13-24(14-11-21)30-23-8-4-3-5-9-23/h3-5,8-15,17,19,29H,6-7,16,18H2,1-2H3. The molecule has 1 aromatic heterocycles. The van der Waals surface area contributed by atoms with Crippen LogP contribution in [0.15, 0.2) is 79.0 Å². The number of aromatic nitrogens is 1. The van der Waals surface area contributed by atoms with Gasteiger partial charge in [-0.05, 0) is 81.0 Å². The van der Waals surface area contributed by atoms with Crippen LogP contribution < -0.4 is 4.74 Å². The molecule has 154 valence electrons. The molecule has 0 radical (unpaired) electrons. The monoisotopic (exact) mass is 400 g/mol. The lowest BCUT2D eigenvalue weighted by atomic mass is 10.1. The Labute approximate surface area is 178 Å². The van der Waals surface area contributed by atoms with E-state index in [9.17, 15) is 5.11 Å². The van der Waals surface area contributed by atoms with Crippen molar-refractivity contribution in [1.82, 2.24) is 9.47 Å². The lowest BCUT2D eigenvalue weighted by molar-refractivity contribution is 0.400. The van der Waals surface area contributed by atoms with Gasteiger partial charge in [0.25, 0.3) is 0 Å². The van der Waals surface area contributed by atoms with Gasteiger partial charge in [-0.25, -0.2) is 0 Å². The summed E-state index contributed by atoms with van der Waals surface area (Å²) in [6, 6.07) is 24.1. The number of aryl methyl sites for hydroxylation is 1. The molecule has 1 N–H and O–H groups in total. The minimum atomic E-state index is 0.314. The minimum Gasteiger partial charge on any atom is -0.494 e. The molecule has 0 spiro atoms. The number of rotatable bonds is 8. The summed E-state index contributed by atoms with van der Waals surface area (Å²) in [5.41, 5.74) is 2.42. The number of para-hydroxylation sites is 1. The zero-order valence-electron chi connectivity index (χ0n) is 17.6. The second kappa shape index (κ2) is 9.06. The van der Waals surface area contributed by atoms with Gasteiger partial charge in [0.05, 0.1) is 6.54 Å². The number of hydrogen-bond donors (Lipinski definition) is 1. The lowest BCUT2D eigenvalue weighted by Gasteiger charge is -2.08. The van der Waals surface area contributed by atoms with E-state index in [0.717, 1.165) is 47.2 Å². The van der Waals surface area contributed by atoms with Crippen LogP contribution in [0.5, 0.6) is 17.4 Å². The Balaban J connectivity index is 1.46. The van der Waals surface area contributed by atoms with E-state index in [1.54, 1.807) is 0 Å². The third kappa shape index (κ3) is 4.84. The predicted octanol–water partition coefficient (Wildman–Crippen LogP) is 5.68. The smallest absolute Gasteiger partial charge is 0.199 e. The molecule has 0 aliphatic heterocycles. The van der Waals surface area contributed by atoms with E-state index in [4.69, 9.17) is 4.74 Å². The first-order chi connectivity index (χ1) is 14.6. The summed E-state index contributed by atoms with van der Waals surface area (Å²) in [4.78, 5) is 2.21. The maximum atomic E-state index is 10.7. The van der Waals surface area contributed by atoms with E-state index >= 15 is 0 Å². The van der Waals surface area contributed by atoms with Gasteiger partial charge in [-0.15, -0.1) is 0 Å². The van der Waals surface area contributed by atoms with Gasteiger partial charge in [0.15, 0.2) is 5.88 Å². The van der Waals surface area contributed by atoms with Crippen LogP contribution in [0.3, 0.4) is 0 Å². The number of benzene rings is 3. The van der Waals surface area contributed by atoms with E-state index in [1.807, 2.05) is 71.4 Å². The number of ether oxygens (including phenoxy) is 1. The van der Waals surface area contributed by atoms with Crippen LogP contribution >= 0.6 is 0 Å². The van der Waals surface area contributed by atoms with E-state index in [0.29, 0.717) is 12.4 Å². The highest BCUT2D eigenvalue weighted by atomic mass is 16.5. The second-order valence-electron chi connectivity index (χ2n) is 7.97. The Hall–Kier alpha value is -3.24. The second-order valence-corrected chi connectivity index (χ2v) is 7.97. The van der Waals surface area contributed by atoms with E-state index in [-0.39, 0.29) is 0 Å². The summed E-state index contributed by atoms with van der Waals surface area (Å²) in [7, 11) is 4.20. The van der Waals surface area contributed by atoms with E-state index < -0.39 is 0 Å². The fourth-order valence-corrected chi connectivity index (χ4v) is 3.67. The van der Waals surface area contributed by atoms with Crippen molar-refractivity contribution in [3.05, 3.63) is 90.1 Å². The Bertz CT molecular complexity index is 1100. The molecular formula is C26H28N2O2. The first kappa shape index (κ1) is 20.0. The highest BCUT2D eigenvalue weighted by Crippen LogP contribution is 2.29. The molecule has 0 atom stereocenters. The molecule has 30 heavy (non-hydrogen) atoms. The van der Waals surface area contributed by atoms with Crippen molar-refractivity contribution in [2.75, 3.05) is 20.6 Å². The number of nitrogens with zero attached hydrogens (tertiary/aromatic N) is 2. The minimum absolute atomic E-state index is 0.314. The van der Waals surface area contributed by atoms with Crippen molar-refractivity contribution in [3.63, 3.8) is 0 Å². The molecule has 0 aliphatic rings. The molecule has 0 unspecified atom stereocenters. The SMILES string of the molecule is CN(C)CCCc1ccc2c(O)n(Cc3ccc(Oc4ccccc4)cc3)cc2c1. The molecule has 3 aromatic carbocycles. The Kier molecular flexibility index (Phi) is 6.05. The fraction of sp³-hybridized carbons (Fsp3) is 0.231. The zero-order valence-corrected chi connectivity index (χ0v) is 17.6. The first-order valence-corrected chi connectivity index (χ1v) is 10.4. The highest BCUT2D eigenvalue weighted by molar-refractivity contribution is 5.88. The molecule has 0 fully saturated rings. The quantitative estimate of drug-likeness (QED) is 0.413. The summed E-state index contributed by atoms with van der Waals surface area (Å²) >= 11 is 0. The molecule has 0 amide bonds. The van der Waals surface area contributed by atoms with Gasteiger partial charge >= 0.3 is 0 Å². The van der Waals surface area contributed by atoms with Crippen molar-refractivity contribution in [2.24, 2.45) is 0 Å². The van der Waals surface area contributed by atoms with Gasteiger partial charge in [0.1, 0.15) is 11.5 Å². The van der Waals surface area contributed by atoms with Crippen molar-refractivity contribution >= 4 is 10.8 Å². The fourth-order valence-electron chi connectivity index (χ4n) is 3.67. The molecule has 4 nitrogen and oxygen atoms in total. The Morgan fingerprint density at radius 2 is 1.57 bits per heavy atom. The average Bonchev–Trinajstić information content (AvgIpc) is 3.05. The molecule has 0 bridgehead atoms. The third-order valence-corrected chi connectivity index (χ3v) is 5.25. The number of aromatic hydroxyl groups is 1. The van der Waals surface area contributed by atoms with Gasteiger partial charge in [-0.2, -0.15) is 0 Å². The Morgan fingerprint density at radius 1 is 0.867 bits per heavy atom. The molecular weight excluding hydrogens is 372 g/mol. The summed E-state index contributed by atoms with van der Waals surface area (Å²) in [6.07, 6.45) is 4.21. The Morgan fingerprint density at radius 3 is 2.30 bits per heavy atom. The molecule has 1 heterocycles. The number of fused-ring (bicyclic) bond motifs is 1. The lowest BCUT2D eigenvalue weighted by Crippen LogP contribution is -2.13. The van der Waals surface area contributed by atoms with Crippen molar-refractivity contribution in [2.45, 2.75) is 19.4 Å². The summed E-state index contributed by atoms with van der Waals surface area (Å²) in [6.45, 7) is 1.69. The molecule has 4 heteroatoms. The maximum Gasteiger partial charge on any atom is 0.199 e. The highest BCUT2D eigenvalue weighted by Gasteiger charge is 2.10. The number of hydrogen-bond acceptors (Lipinski definition) is 3. The predicted molar refractivity (Wildman–Crippen MR) is 123 cm³/mol. The topological polar surface area (TPSA) is 37.6 Å². The van der Waals surface area contributed by atoms with Crippen LogP contribution in [-0.2, 0) is 13.0 Å². The van der Waals surface area contributed by atoms with Gasteiger partial charge in [-0.1, -0.05) is 36.4 Å². The maximum absolute atomic E-state index is 10.7. The third-order valence-electron chi connectivity index (χ3n) is 5.25. The average molecular weight is 401 g/mol. The molecule has 0 saturated carbocycles. The molecule has 0 aliphatic carbocycles. The van der Waals surface area contributed by atoms with Gasteiger partial charge in [0, 0.05) is 17.0 Å². The van der Waals surface area contributed by atoms with Crippen LogP contribution in [0, 0.1) is 0 Å². The molecule has 0 saturated heterocycles. The van der Waals surface area contributed by atoms with Crippen LogP contribution in [-0.4, -0.2) is 35.2 Å². The largest absolute Gasteiger partial charge is 0.494 e. The van der Waals surface area contributed by atoms with Crippen molar-refractivity contribution in [3.8, 4) is 17.4 Å². The van der Waals surface area contributed by atoms with Crippen molar-refractivity contribution in [1.29, 1.82) is 0 Å². The van der Waals surface area contributed by atoms with Crippen LogP contribution in [0.25, 0.3) is 10.8 Å². The zero-order chi connectivity index (χ0) is 20.9. The first-order valence-electron chi connectivity index (χ1n) is 10.4. The van der Waals surface area contributed by atoms with Crippen LogP contribution in [0.1, 0.15) is 17.5 Å². The molecule has 4 aromatic rings. The van der Waals surface area contributed by atoms with Gasteiger partial charge in [-0.3, -0.25) is 0 Å². The summed E-state index contributed by atoms with van der Waals surface area (Å²) in [5.74, 6) is 1.93.